The van der Waals surface area contributed by atoms with E-state index in [9.17, 15) is 0 Å². The van der Waals surface area contributed by atoms with Gasteiger partial charge in [0.05, 0.1) is 21.8 Å². The maximum absolute atomic E-state index is 8.81. The van der Waals surface area contributed by atoms with E-state index in [2.05, 4.69) is 29.9 Å². The number of hydrogen-bond acceptors (Lipinski definition) is 6. The van der Waals surface area contributed by atoms with Crippen LogP contribution in [0, 0.1) is 6.92 Å². The van der Waals surface area contributed by atoms with E-state index >= 15 is 0 Å². The molecule has 176 valence electrons. The van der Waals surface area contributed by atoms with Crippen molar-refractivity contribution in [3.05, 3.63) is 58.1 Å². The molecule has 1 aliphatic rings. The van der Waals surface area contributed by atoms with Crippen LogP contribution in [0.15, 0.2) is 36.7 Å². The maximum Gasteiger partial charge on any atom is 0.179 e. The van der Waals surface area contributed by atoms with E-state index in [1.807, 2.05) is 45.2 Å². The lowest BCUT2D eigenvalue weighted by Gasteiger charge is -2.09. The summed E-state index contributed by atoms with van der Waals surface area (Å²) in [6.45, 7) is 5.42. The number of halogens is 2. The van der Waals surface area contributed by atoms with Gasteiger partial charge in [-0.2, -0.15) is 0 Å². The number of H-pyrrole nitrogens is 1. The quantitative estimate of drug-likeness (QED) is 0.391. The van der Waals surface area contributed by atoms with Gasteiger partial charge in [-0.05, 0) is 63.9 Å². The van der Waals surface area contributed by atoms with Crippen LogP contribution in [0.4, 0.5) is 0 Å². The molecule has 33 heavy (non-hydrogen) atoms. The van der Waals surface area contributed by atoms with Crippen LogP contribution in [-0.2, 0) is 9.59 Å². The smallest absolute Gasteiger partial charge is 0.179 e. The van der Waals surface area contributed by atoms with Crippen LogP contribution in [0.5, 0.6) is 0 Å². The van der Waals surface area contributed by atoms with E-state index in [0.29, 0.717) is 22.0 Å². The highest BCUT2D eigenvalue weighted by Gasteiger charge is 2.28. The van der Waals surface area contributed by atoms with E-state index in [1.165, 1.54) is 19.8 Å². The Kier molecular flexibility index (Phi) is 10.4. The van der Waals surface area contributed by atoms with Gasteiger partial charge in [-0.3, -0.25) is 4.40 Å². The van der Waals surface area contributed by atoms with Crippen LogP contribution < -0.4 is 5.32 Å². The van der Waals surface area contributed by atoms with Crippen LogP contribution in [0.25, 0.3) is 16.8 Å². The molecule has 0 spiro atoms. The third kappa shape index (κ3) is 6.60. The Balaban J connectivity index is 0.000000232. The number of nitrogens with one attached hydrogen (secondary N) is 2. The molecule has 10 heteroatoms. The van der Waals surface area contributed by atoms with Gasteiger partial charge in [0.1, 0.15) is 18.9 Å². The van der Waals surface area contributed by atoms with Crippen LogP contribution in [0.1, 0.15) is 43.5 Å². The molecule has 0 saturated heterocycles. The number of benzene rings is 1. The lowest BCUT2D eigenvalue weighted by atomic mass is 10.1. The number of fused-ring (bicyclic) bond motifs is 3. The number of aryl methyl sites for hydroxylation is 1. The number of nitrogens with zero attached hydrogens (tertiary/aromatic N) is 4. The summed E-state index contributed by atoms with van der Waals surface area (Å²) in [6.07, 6.45) is 7.94. The van der Waals surface area contributed by atoms with Crippen LogP contribution >= 0.6 is 23.2 Å². The lowest BCUT2D eigenvalue weighted by Crippen LogP contribution is -2.21. The molecule has 0 aliphatic heterocycles. The molecule has 0 bridgehead atoms. The molecule has 1 saturated carbocycles. The predicted octanol–water partition coefficient (Wildman–Crippen LogP) is 4.78. The third-order valence-electron chi connectivity index (χ3n) is 5.25. The number of rotatable bonds is 2. The van der Waals surface area contributed by atoms with E-state index in [4.69, 9.17) is 32.8 Å². The first kappa shape index (κ1) is 26.4. The summed E-state index contributed by atoms with van der Waals surface area (Å²) in [5, 5.41) is 13.3. The summed E-state index contributed by atoms with van der Waals surface area (Å²) in [7, 11) is 2.03. The summed E-state index contributed by atoms with van der Waals surface area (Å²) >= 11 is 11.3. The molecule has 1 aliphatic carbocycles. The van der Waals surface area contributed by atoms with Crippen LogP contribution in [0.2, 0.25) is 10.0 Å². The fourth-order valence-corrected chi connectivity index (χ4v) is 4.09. The van der Waals surface area contributed by atoms with Crippen LogP contribution in [0.3, 0.4) is 0 Å². The zero-order valence-corrected chi connectivity index (χ0v) is 20.4. The zero-order chi connectivity index (χ0) is 24.4. The molecular formula is C23H28Cl2N6O2. The molecule has 1 aromatic carbocycles. The maximum atomic E-state index is 8.81. The average molecular weight is 491 g/mol. The van der Waals surface area contributed by atoms with E-state index in [1.54, 1.807) is 12.3 Å². The van der Waals surface area contributed by atoms with Gasteiger partial charge in [-0.15, -0.1) is 10.2 Å². The van der Waals surface area contributed by atoms with Crippen molar-refractivity contribution < 1.29 is 9.59 Å². The summed E-state index contributed by atoms with van der Waals surface area (Å²) in [4.78, 5) is 24.3. The van der Waals surface area contributed by atoms with Gasteiger partial charge in [-0.25, -0.2) is 4.98 Å². The van der Waals surface area contributed by atoms with Crippen molar-refractivity contribution in [3.63, 3.8) is 0 Å². The number of aromatic amines is 1. The normalized spacial score (nSPS) is 16.8. The standard InChI is InChI=1S/C13H16N6.C7H6Cl2.C2H4O.CH2O/c1-14-9-3-2-8(6-9)13-18-17-11-7-16-12-10(19(11)13)4-5-15-12;1-5-2-3-6(8)7(9)4-5;1-2-3;1-2/h4-5,7-9,14-15H,2-3,6H2,1H3;2-4H,1H3;2H,1H3;1H2/t8-,9+;;;/m1.../s1. The number of aromatic nitrogens is 5. The second-order valence-corrected chi connectivity index (χ2v) is 8.18. The lowest BCUT2D eigenvalue weighted by molar-refractivity contribution is -0.106. The van der Waals surface area contributed by atoms with Crippen molar-refractivity contribution in [2.75, 3.05) is 7.05 Å². The highest BCUT2D eigenvalue weighted by atomic mass is 35.5. The van der Waals surface area contributed by atoms with E-state index in [-0.39, 0.29) is 0 Å². The number of carbonyl (C=O) groups excluding carboxylic acids is 2. The Morgan fingerprint density at radius 3 is 2.52 bits per heavy atom. The molecular weight excluding hydrogens is 463 g/mol. The van der Waals surface area contributed by atoms with Gasteiger partial charge < -0.3 is 19.9 Å². The third-order valence-corrected chi connectivity index (χ3v) is 5.99. The second kappa shape index (κ2) is 13.0. The first-order valence-electron chi connectivity index (χ1n) is 10.4. The van der Waals surface area contributed by atoms with Crippen molar-refractivity contribution in [1.82, 2.24) is 29.9 Å². The molecule has 3 aromatic heterocycles. The fourth-order valence-electron chi connectivity index (χ4n) is 3.74. The predicted molar refractivity (Wildman–Crippen MR) is 132 cm³/mol. The Morgan fingerprint density at radius 2 is 1.91 bits per heavy atom. The molecule has 0 radical (unpaired) electrons. The number of aldehydes is 1. The molecule has 2 N–H and O–H groups in total. The minimum atomic E-state index is 0.480. The van der Waals surface area contributed by atoms with Gasteiger partial charge in [-0.1, -0.05) is 29.3 Å². The summed E-state index contributed by atoms with van der Waals surface area (Å²) in [5.74, 6) is 1.55. The second-order valence-electron chi connectivity index (χ2n) is 7.37. The molecule has 8 nitrogen and oxygen atoms in total. The minimum Gasteiger partial charge on any atom is -0.345 e. The van der Waals surface area contributed by atoms with Gasteiger partial charge >= 0.3 is 0 Å². The fraction of sp³-hybridized carbons (Fsp3) is 0.348. The minimum absolute atomic E-state index is 0.480. The molecule has 0 amide bonds. The average Bonchev–Trinajstić information content (AvgIpc) is 3.57. The van der Waals surface area contributed by atoms with Crippen LogP contribution in [-0.4, -0.2) is 50.7 Å². The summed E-state index contributed by atoms with van der Waals surface area (Å²) < 4.78 is 2.14. The van der Waals surface area contributed by atoms with Gasteiger partial charge in [0.15, 0.2) is 11.3 Å². The van der Waals surface area contributed by atoms with Crippen molar-refractivity contribution in [3.8, 4) is 0 Å². The van der Waals surface area contributed by atoms with Crippen molar-refractivity contribution in [2.24, 2.45) is 0 Å². The van der Waals surface area contributed by atoms with Gasteiger partial charge in [0.25, 0.3) is 0 Å². The Labute approximate surface area is 202 Å². The molecule has 1 fully saturated rings. The zero-order valence-electron chi connectivity index (χ0n) is 18.9. The molecule has 0 unspecified atom stereocenters. The van der Waals surface area contributed by atoms with Gasteiger partial charge in [0, 0.05) is 18.2 Å². The Hall–Kier alpha value is -2.81. The SMILES string of the molecule is C=O.CC=O.CN[C@H]1CC[C@@H](c2nnc3cnc4[nH]ccc4n23)C1.Cc1ccc(Cl)c(Cl)c1. The highest BCUT2D eigenvalue weighted by molar-refractivity contribution is 6.42. The van der Waals surface area contributed by atoms with E-state index in [0.717, 1.165) is 40.9 Å². The van der Waals surface area contributed by atoms with Crippen molar-refractivity contribution in [1.29, 1.82) is 0 Å². The first-order valence-corrected chi connectivity index (χ1v) is 11.2. The summed E-state index contributed by atoms with van der Waals surface area (Å²) in [5.41, 5.74) is 3.90. The summed E-state index contributed by atoms with van der Waals surface area (Å²) in [6, 6.07) is 8.19. The topological polar surface area (TPSA) is 105 Å². The molecule has 2 atom stereocenters. The number of carbonyl (C=O) groups is 2. The van der Waals surface area contributed by atoms with Crippen molar-refractivity contribution in [2.45, 2.75) is 45.1 Å². The molecule has 5 rings (SSSR count). The van der Waals surface area contributed by atoms with Crippen molar-refractivity contribution >= 4 is 53.1 Å². The first-order chi connectivity index (χ1) is 16.0. The largest absolute Gasteiger partial charge is 0.345 e. The highest BCUT2D eigenvalue weighted by Crippen LogP contribution is 2.34. The Morgan fingerprint density at radius 1 is 1.18 bits per heavy atom. The van der Waals surface area contributed by atoms with E-state index < -0.39 is 0 Å². The molecule has 3 heterocycles. The number of hydrogen-bond donors (Lipinski definition) is 2. The van der Waals surface area contributed by atoms with Gasteiger partial charge in [0.2, 0.25) is 0 Å². The Bertz CT molecular complexity index is 1180. The monoisotopic (exact) mass is 490 g/mol. The molecule has 4 aromatic rings.